The first kappa shape index (κ1) is 17.7. The highest BCUT2D eigenvalue weighted by molar-refractivity contribution is 6.20. The number of aryl methyl sites for hydroxylation is 2. The Bertz CT molecular complexity index is 1120. The fourth-order valence-corrected chi connectivity index (χ4v) is 3.06. The topological polar surface area (TPSA) is 94.6 Å². The van der Waals surface area contributed by atoms with Crippen LogP contribution in [-0.2, 0) is 13.6 Å². The van der Waals surface area contributed by atoms with Crippen molar-refractivity contribution in [2.24, 2.45) is 12.0 Å². The molecule has 0 aliphatic heterocycles. The Morgan fingerprint density at radius 1 is 1.29 bits per heavy atom. The fourth-order valence-electron chi connectivity index (χ4n) is 3.06. The van der Waals surface area contributed by atoms with Crippen LogP contribution in [0, 0.1) is 5.41 Å². The highest BCUT2D eigenvalue weighted by Crippen LogP contribution is 2.30. The number of hydrogen-bond donors (Lipinski definition) is 3. The molecule has 142 valence electrons. The van der Waals surface area contributed by atoms with Gasteiger partial charge in [-0.15, -0.1) is 5.10 Å². The molecule has 0 bridgehead atoms. The summed E-state index contributed by atoms with van der Waals surface area (Å²) >= 11 is 0. The van der Waals surface area contributed by atoms with Crippen molar-refractivity contribution >= 4 is 28.4 Å². The van der Waals surface area contributed by atoms with E-state index in [-0.39, 0.29) is 11.5 Å². The molecule has 0 amide bonds. The number of pyridine rings is 1. The van der Waals surface area contributed by atoms with Crippen molar-refractivity contribution in [1.82, 2.24) is 14.2 Å². The third kappa shape index (κ3) is 3.71. The van der Waals surface area contributed by atoms with Crippen LogP contribution in [0.25, 0.3) is 5.52 Å². The van der Waals surface area contributed by atoms with Crippen molar-refractivity contribution in [3.63, 3.8) is 0 Å². The molecule has 3 N–H and O–H groups in total. The van der Waals surface area contributed by atoms with Gasteiger partial charge in [-0.05, 0) is 24.3 Å². The molecular weight excluding hydrogens is 354 g/mol. The SMILES string of the molecule is C[n+]1ccn(CCCNc2nn3ccccc3c2/N=C2\C=CC(=N)C=C2O)c1. The van der Waals surface area contributed by atoms with Crippen molar-refractivity contribution in [3.05, 3.63) is 67.1 Å². The summed E-state index contributed by atoms with van der Waals surface area (Å²) in [5.41, 5.74) is 2.17. The van der Waals surface area contributed by atoms with Gasteiger partial charge in [0.15, 0.2) is 5.82 Å². The number of anilines is 1. The molecule has 1 aliphatic carbocycles. The lowest BCUT2D eigenvalue weighted by Gasteiger charge is -2.07. The maximum absolute atomic E-state index is 10.1. The highest BCUT2D eigenvalue weighted by Gasteiger charge is 2.15. The first-order chi connectivity index (χ1) is 13.6. The second-order valence-corrected chi connectivity index (χ2v) is 6.64. The van der Waals surface area contributed by atoms with Gasteiger partial charge in [-0.1, -0.05) is 6.07 Å². The minimum Gasteiger partial charge on any atom is -0.506 e. The Morgan fingerprint density at radius 2 is 2.18 bits per heavy atom. The predicted octanol–water partition coefficient (Wildman–Crippen LogP) is 2.57. The number of aliphatic imine (C=N–C) groups is 1. The van der Waals surface area contributed by atoms with Crippen LogP contribution in [-0.4, -0.2) is 37.3 Å². The van der Waals surface area contributed by atoms with E-state index in [0.29, 0.717) is 17.2 Å². The lowest BCUT2D eigenvalue weighted by molar-refractivity contribution is -0.671. The Labute approximate surface area is 162 Å². The first-order valence-corrected chi connectivity index (χ1v) is 9.09. The normalized spacial score (nSPS) is 15.4. The molecule has 3 heterocycles. The van der Waals surface area contributed by atoms with E-state index in [1.54, 1.807) is 16.7 Å². The molecule has 3 aromatic heterocycles. The minimum atomic E-state index is -0.0193. The van der Waals surface area contributed by atoms with E-state index in [1.165, 1.54) is 6.08 Å². The van der Waals surface area contributed by atoms with E-state index in [0.717, 1.165) is 25.0 Å². The molecule has 8 heteroatoms. The second kappa shape index (κ2) is 7.51. The third-order valence-electron chi connectivity index (χ3n) is 4.43. The molecule has 0 spiro atoms. The molecule has 0 atom stereocenters. The average molecular weight is 376 g/mol. The van der Waals surface area contributed by atoms with E-state index in [2.05, 4.69) is 20.0 Å². The number of nitrogens with zero attached hydrogens (tertiary/aromatic N) is 5. The average Bonchev–Trinajstić information content (AvgIpc) is 3.24. The summed E-state index contributed by atoms with van der Waals surface area (Å²) in [5.74, 6) is 0.646. The van der Waals surface area contributed by atoms with E-state index in [1.807, 2.05) is 54.7 Å². The molecule has 3 aromatic rings. The molecule has 0 unspecified atom stereocenters. The Morgan fingerprint density at radius 3 is 2.96 bits per heavy atom. The fraction of sp³-hybridized carbons (Fsp3) is 0.200. The monoisotopic (exact) mass is 376 g/mol. The molecule has 0 saturated heterocycles. The van der Waals surface area contributed by atoms with Crippen LogP contribution in [0.4, 0.5) is 11.5 Å². The van der Waals surface area contributed by atoms with E-state index in [9.17, 15) is 5.11 Å². The number of fused-ring (bicyclic) bond motifs is 1. The smallest absolute Gasteiger partial charge is 0.243 e. The van der Waals surface area contributed by atoms with Gasteiger partial charge in [-0.3, -0.25) is 0 Å². The lowest BCUT2D eigenvalue weighted by Crippen LogP contribution is -2.23. The van der Waals surface area contributed by atoms with Gasteiger partial charge >= 0.3 is 0 Å². The van der Waals surface area contributed by atoms with Gasteiger partial charge in [-0.2, -0.15) is 0 Å². The number of rotatable bonds is 6. The zero-order chi connectivity index (χ0) is 19.5. The van der Waals surface area contributed by atoms with E-state index < -0.39 is 0 Å². The molecule has 0 radical (unpaired) electrons. The van der Waals surface area contributed by atoms with Crippen LogP contribution < -0.4 is 9.88 Å². The number of allylic oxidation sites excluding steroid dienone is 3. The Kier molecular flexibility index (Phi) is 4.76. The summed E-state index contributed by atoms with van der Waals surface area (Å²) in [7, 11) is 2.00. The molecular formula is C20H22N7O+. The van der Waals surface area contributed by atoms with E-state index >= 15 is 0 Å². The van der Waals surface area contributed by atoms with Gasteiger partial charge < -0.3 is 15.8 Å². The van der Waals surface area contributed by atoms with Gasteiger partial charge in [-0.25, -0.2) is 18.6 Å². The van der Waals surface area contributed by atoms with Crippen LogP contribution in [0.5, 0.6) is 0 Å². The highest BCUT2D eigenvalue weighted by atomic mass is 16.3. The zero-order valence-corrected chi connectivity index (χ0v) is 15.6. The van der Waals surface area contributed by atoms with Crippen molar-refractivity contribution in [2.45, 2.75) is 13.0 Å². The van der Waals surface area contributed by atoms with Gasteiger partial charge in [0.25, 0.3) is 0 Å². The van der Waals surface area contributed by atoms with Crippen molar-refractivity contribution in [2.75, 3.05) is 11.9 Å². The molecule has 4 rings (SSSR count). The Hall–Kier alpha value is -3.68. The summed E-state index contributed by atoms with van der Waals surface area (Å²) in [6.07, 6.45) is 13.5. The maximum atomic E-state index is 10.1. The molecule has 0 saturated carbocycles. The number of hydrogen-bond acceptors (Lipinski definition) is 5. The van der Waals surface area contributed by atoms with E-state index in [4.69, 9.17) is 5.41 Å². The zero-order valence-electron chi connectivity index (χ0n) is 15.6. The van der Waals surface area contributed by atoms with Crippen LogP contribution in [0.3, 0.4) is 0 Å². The quantitative estimate of drug-likeness (QED) is 0.351. The predicted molar refractivity (Wildman–Crippen MR) is 109 cm³/mol. The van der Waals surface area contributed by atoms with Gasteiger partial charge in [0, 0.05) is 25.2 Å². The molecule has 8 nitrogen and oxygen atoms in total. The van der Waals surface area contributed by atoms with Gasteiger partial charge in [0.1, 0.15) is 29.6 Å². The standard InChI is InChI=1S/C20H21N7O/c1-25-11-12-26(14-25)9-4-8-22-20-19(17-5-2-3-10-27(17)24-20)23-16-7-6-15(21)13-18(16)28/h2-3,5-7,10-14H,4,8-9H2,1H3,(H2-,21,22,24,28)/p+1/b23-16+. The summed E-state index contributed by atoms with van der Waals surface area (Å²) in [6, 6.07) is 5.78. The summed E-state index contributed by atoms with van der Waals surface area (Å²) in [6.45, 7) is 1.64. The van der Waals surface area contributed by atoms with Crippen LogP contribution in [0.2, 0.25) is 0 Å². The van der Waals surface area contributed by atoms with Crippen LogP contribution in [0.1, 0.15) is 6.42 Å². The lowest BCUT2D eigenvalue weighted by atomic mass is 10.1. The minimum absolute atomic E-state index is 0.0193. The number of nitrogens with one attached hydrogen (secondary N) is 2. The van der Waals surface area contributed by atoms with Crippen LogP contribution >= 0.6 is 0 Å². The maximum Gasteiger partial charge on any atom is 0.243 e. The van der Waals surface area contributed by atoms with Crippen molar-refractivity contribution < 1.29 is 9.67 Å². The summed E-state index contributed by atoms with van der Waals surface area (Å²) in [4.78, 5) is 4.62. The number of aromatic nitrogens is 4. The number of aliphatic hydroxyl groups excluding tert-OH is 1. The number of aliphatic hydroxyl groups is 1. The van der Waals surface area contributed by atoms with Gasteiger partial charge in [0.05, 0.1) is 24.8 Å². The van der Waals surface area contributed by atoms with Crippen molar-refractivity contribution in [1.29, 1.82) is 5.41 Å². The summed E-state index contributed by atoms with van der Waals surface area (Å²) < 4.78 is 5.92. The van der Waals surface area contributed by atoms with Gasteiger partial charge in [0.2, 0.25) is 6.33 Å². The molecule has 1 aliphatic rings. The number of imidazole rings is 1. The Balaban J connectivity index is 1.56. The second-order valence-electron chi connectivity index (χ2n) is 6.64. The molecule has 28 heavy (non-hydrogen) atoms. The first-order valence-electron chi connectivity index (χ1n) is 9.09. The molecule has 0 aromatic carbocycles. The largest absolute Gasteiger partial charge is 0.506 e. The molecule has 0 fully saturated rings. The van der Waals surface area contributed by atoms with Crippen LogP contribution in [0.15, 0.2) is 72.1 Å². The summed E-state index contributed by atoms with van der Waals surface area (Å²) in [5, 5.41) is 25.7. The third-order valence-corrected chi connectivity index (χ3v) is 4.43. The van der Waals surface area contributed by atoms with Crippen molar-refractivity contribution in [3.8, 4) is 0 Å².